The summed E-state index contributed by atoms with van der Waals surface area (Å²) in [6, 6.07) is 4.98. The molecule has 23 heavy (non-hydrogen) atoms. The van der Waals surface area contributed by atoms with Gasteiger partial charge in [-0.25, -0.2) is 0 Å². The van der Waals surface area contributed by atoms with Crippen LogP contribution >= 0.6 is 0 Å². The number of benzene rings is 1. The van der Waals surface area contributed by atoms with Crippen LogP contribution in [-0.2, 0) is 23.3 Å². The highest BCUT2D eigenvalue weighted by atomic mass is 16.3. The second kappa shape index (κ2) is 5.91. The van der Waals surface area contributed by atoms with Crippen molar-refractivity contribution in [3.8, 4) is 0 Å². The van der Waals surface area contributed by atoms with E-state index in [9.17, 15) is 9.90 Å². The maximum Gasteiger partial charge on any atom is 0.251 e. The maximum atomic E-state index is 12.2. The average Bonchev–Trinajstić information content (AvgIpc) is 3.13. The molecule has 1 amide bonds. The SMILES string of the molecule is CC(O)C(=O)N1Cc2cc(C(C)(C)C)cc([C@@H]3CCCN3)c2C1. The van der Waals surface area contributed by atoms with Gasteiger partial charge in [0.05, 0.1) is 0 Å². The highest BCUT2D eigenvalue weighted by molar-refractivity contribution is 5.81. The molecule has 1 aromatic rings. The zero-order chi connectivity index (χ0) is 16.8. The van der Waals surface area contributed by atoms with Crippen molar-refractivity contribution in [3.05, 3.63) is 34.4 Å². The van der Waals surface area contributed by atoms with Gasteiger partial charge in [0.15, 0.2) is 0 Å². The first-order chi connectivity index (χ1) is 10.8. The molecule has 1 aromatic carbocycles. The number of carbonyl (C=O) groups excluding carboxylic acids is 1. The van der Waals surface area contributed by atoms with Gasteiger partial charge in [-0.1, -0.05) is 32.9 Å². The van der Waals surface area contributed by atoms with Crippen LogP contribution in [0, 0.1) is 0 Å². The second-order valence-corrected chi connectivity index (χ2v) is 7.97. The molecular formula is C19H28N2O2. The number of hydrogen-bond donors (Lipinski definition) is 2. The summed E-state index contributed by atoms with van der Waals surface area (Å²) in [5.41, 5.74) is 5.29. The van der Waals surface area contributed by atoms with E-state index in [0.717, 1.165) is 13.0 Å². The van der Waals surface area contributed by atoms with Gasteiger partial charge in [-0.05, 0) is 54.0 Å². The van der Waals surface area contributed by atoms with Gasteiger partial charge in [0.1, 0.15) is 6.10 Å². The summed E-state index contributed by atoms with van der Waals surface area (Å²) in [6.07, 6.45) is 1.43. The second-order valence-electron chi connectivity index (χ2n) is 7.97. The molecule has 2 N–H and O–H groups in total. The molecule has 1 unspecified atom stereocenters. The van der Waals surface area contributed by atoms with E-state index < -0.39 is 6.10 Å². The molecule has 2 heterocycles. The number of aliphatic hydroxyl groups is 1. The van der Waals surface area contributed by atoms with E-state index >= 15 is 0 Å². The van der Waals surface area contributed by atoms with Crippen LogP contribution in [0.4, 0.5) is 0 Å². The number of fused-ring (bicyclic) bond motifs is 1. The Balaban J connectivity index is 2.01. The van der Waals surface area contributed by atoms with E-state index in [0.29, 0.717) is 19.1 Å². The predicted octanol–water partition coefficient (Wildman–Crippen LogP) is 2.63. The van der Waals surface area contributed by atoms with E-state index in [2.05, 4.69) is 38.2 Å². The van der Waals surface area contributed by atoms with Crippen molar-refractivity contribution in [2.45, 2.75) is 71.2 Å². The molecule has 3 rings (SSSR count). The van der Waals surface area contributed by atoms with E-state index in [1.165, 1.54) is 28.7 Å². The largest absolute Gasteiger partial charge is 0.384 e. The molecule has 2 aliphatic heterocycles. The topological polar surface area (TPSA) is 52.6 Å². The Bertz CT molecular complexity index is 611. The van der Waals surface area contributed by atoms with Crippen LogP contribution < -0.4 is 5.32 Å². The summed E-state index contributed by atoms with van der Waals surface area (Å²) in [7, 11) is 0. The number of aliphatic hydroxyl groups excluding tert-OH is 1. The normalized spacial score (nSPS) is 22.3. The molecule has 2 aliphatic rings. The third-order valence-electron chi connectivity index (χ3n) is 5.06. The van der Waals surface area contributed by atoms with Crippen molar-refractivity contribution in [1.29, 1.82) is 0 Å². The van der Waals surface area contributed by atoms with Crippen LogP contribution in [-0.4, -0.2) is 28.6 Å². The Labute approximate surface area is 138 Å². The monoisotopic (exact) mass is 316 g/mol. The van der Waals surface area contributed by atoms with Crippen molar-refractivity contribution >= 4 is 5.91 Å². The first-order valence-electron chi connectivity index (χ1n) is 8.64. The van der Waals surface area contributed by atoms with Crippen molar-refractivity contribution in [1.82, 2.24) is 10.2 Å². The van der Waals surface area contributed by atoms with Crippen LogP contribution in [0.1, 0.15) is 68.8 Å². The minimum Gasteiger partial charge on any atom is -0.384 e. The smallest absolute Gasteiger partial charge is 0.251 e. The van der Waals surface area contributed by atoms with Crippen molar-refractivity contribution < 1.29 is 9.90 Å². The molecule has 0 saturated carbocycles. The van der Waals surface area contributed by atoms with Gasteiger partial charge in [-0.2, -0.15) is 0 Å². The molecule has 4 heteroatoms. The lowest BCUT2D eigenvalue weighted by molar-refractivity contribution is -0.139. The molecule has 2 atom stereocenters. The summed E-state index contributed by atoms with van der Waals surface area (Å²) >= 11 is 0. The number of amides is 1. The fraction of sp³-hybridized carbons (Fsp3) is 0.632. The fourth-order valence-corrected chi connectivity index (χ4v) is 3.66. The number of rotatable bonds is 2. The number of nitrogens with zero attached hydrogens (tertiary/aromatic N) is 1. The van der Waals surface area contributed by atoms with Gasteiger partial charge in [-0.15, -0.1) is 0 Å². The number of carbonyl (C=O) groups is 1. The molecule has 0 bridgehead atoms. The first-order valence-corrected chi connectivity index (χ1v) is 8.64. The Hall–Kier alpha value is -1.39. The van der Waals surface area contributed by atoms with Gasteiger partial charge in [-0.3, -0.25) is 4.79 Å². The molecule has 0 spiro atoms. The van der Waals surface area contributed by atoms with Crippen molar-refractivity contribution in [3.63, 3.8) is 0 Å². The van der Waals surface area contributed by atoms with E-state index in [-0.39, 0.29) is 11.3 Å². The third-order valence-corrected chi connectivity index (χ3v) is 5.06. The minimum absolute atomic E-state index is 0.0874. The lowest BCUT2D eigenvalue weighted by Gasteiger charge is -2.24. The van der Waals surface area contributed by atoms with Crippen LogP contribution in [0.25, 0.3) is 0 Å². The van der Waals surface area contributed by atoms with Crippen LogP contribution in [0.2, 0.25) is 0 Å². The molecule has 126 valence electrons. The van der Waals surface area contributed by atoms with Crippen LogP contribution in [0.15, 0.2) is 12.1 Å². The summed E-state index contributed by atoms with van der Waals surface area (Å²) in [5, 5.41) is 13.2. The van der Waals surface area contributed by atoms with Crippen molar-refractivity contribution in [2.75, 3.05) is 6.54 Å². The van der Waals surface area contributed by atoms with E-state index in [1.54, 1.807) is 11.8 Å². The van der Waals surface area contributed by atoms with Gasteiger partial charge in [0.2, 0.25) is 0 Å². The van der Waals surface area contributed by atoms with E-state index in [1.807, 2.05) is 0 Å². The van der Waals surface area contributed by atoms with Crippen molar-refractivity contribution in [2.24, 2.45) is 0 Å². The standard InChI is InChI=1S/C19H28N2O2/c1-12(22)18(23)21-10-13-8-14(19(2,3)4)9-15(16(13)11-21)17-6-5-7-20-17/h8-9,12,17,20,22H,5-7,10-11H2,1-4H3/t12?,17-/m0/s1. The zero-order valence-electron chi connectivity index (χ0n) is 14.6. The van der Waals surface area contributed by atoms with Gasteiger partial charge < -0.3 is 15.3 Å². The molecule has 4 nitrogen and oxygen atoms in total. The lowest BCUT2D eigenvalue weighted by atomic mass is 9.82. The Morgan fingerprint density at radius 1 is 1.35 bits per heavy atom. The van der Waals surface area contributed by atoms with Crippen LogP contribution in [0.5, 0.6) is 0 Å². The quantitative estimate of drug-likeness (QED) is 0.882. The molecule has 0 radical (unpaired) electrons. The number of hydrogen-bond acceptors (Lipinski definition) is 3. The molecule has 1 fully saturated rings. The minimum atomic E-state index is -0.931. The molecular weight excluding hydrogens is 288 g/mol. The maximum absolute atomic E-state index is 12.2. The average molecular weight is 316 g/mol. The number of nitrogens with one attached hydrogen (secondary N) is 1. The van der Waals surface area contributed by atoms with E-state index in [4.69, 9.17) is 0 Å². The highest BCUT2D eigenvalue weighted by Gasteiger charge is 2.32. The Kier molecular flexibility index (Phi) is 4.23. The Morgan fingerprint density at radius 3 is 2.65 bits per heavy atom. The third kappa shape index (κ3) is 3.15. The predicted molar refractivity (Wildman–Crippen MR) is 91.1 cm³/mol. The van der Waals surface area contributed by atoms with Gasteiger partial charge >= 0.3 is 0 Å². The van der Waals surface area contributed by atoms with Gasteiger partial charge in [0.25, 0.3) is 5.91 Å². The first kappa shape index (κ1) is 16.5. The fourth-order valence-electron chi connectivity index (χ4n) is 3.66. The summed E-state index contributed by atoms with van der Waals surface area (Å²) in [6.45, 7) is 10.5. The molecule has 1 saturated heterocycles. The summed E-state index contributed by atoms with van der Waals surface area (Å²) in [5.74, 6) is -0.177. The summed E-state index contributed by atoms with van der Waals surface area (Å²) < 4.78 is 0. The highest BCUT2D eigenvalue weighted by Crippen LogP contribution is 2.37. The molecule has 0 aromatic heterocycles. The van der Waals surface area contributed by atoms with Crippen LogP contribution in [0.3, 0.4) is 0 Å². The lowest BCUT2D eigenvalue weighted by Crippen LogP contribution is -2.33. The summed E-state index contributed by atoms with van der Waals surface area (Å²) in [4.78, 5) is 14.0. The molecule has 0 aliphatic carbocycles. The Morgan fingerprint density at radius 2 is 2.09 bits per heavy atom. The zero-order valence-corrected chi connectivity index (χ0v) is 14.6. The van der Waals surface area contributed by atoms with Gasteiger partial charge in [0, 0.05) is 19.1 Å².